The Bertz CT molecular complexity index is 534. The van der Waals surface area contributed by atoms with Crippen molar-refractivity contribution in [1.29, 1.82) is 0 Å². The standard InChI is InChI=1S/C12H11N3O/c1-13-12-11(15(2)8-14-12)9-4-6-10(16-3)7-5-9/h4-8H,2-3H3. The van der Waals surface area contributed by atoms with Gasteiger partial charge in [-0.25, -0.2) is 0 Å². The Morgan fingerprint density at radius 3 is 2.56 bits per heavy atom. The van der Waals surface area contributed by atoms with E-state index in [1.54, 1.807) is 13.4 Å². The third-order valence-corrected chi connectivity index (χ3v) is 2.39. The molecule has 1 aromatic heterocycles. The van der Waals surface area contributed by atoms with E-state index in [1.165, 1.54) is 0 Å². The molecule has 80 valence electrons. The molecular weight excluding hydrogens is 202 g/mol. The van der Waals surface area contributed by atoms with Crippen molar-refractivity contribution in [3.8, 4) is 17.0 Å². The van der Waals surface area contributed by atoms with E-state index in [-0.39, 0.29) is 0 Å². The van der Waals surface area contributed by atoms with Gasteiger partial charge in [0.25, 0.3) is 5.82 Å². The number of nitrogens with zero attached hydrogens (tertiary/aromatic N) is 3. The summed E-state index contributed by atoms with van der Waals surface area (Å²) in [5.41, 5.74) is 1.80. The van der Waals surface area contributed by atoms with Gasteiger partial charge in [0.1, 0.15) is 5.75 Å². The zero-order valence-corrected chi connectivity index (χ0v) is 9.14. The number of aromatic nitrogens is 2. The minimum atomic E-state index is 0.424. The normalized spacial score (nSPS) is 9.81. The van der Waals surface area contributed by atoms with Gasteiger partial charge in [-0.05, 0) is 17.7 Å². The van der Waals surface area contributed by atoms with Crippen molar-refractivity contribution < 1.29 is 4.74 Å². The number of imidazole rings is 1. The van der Waals surface area contributed by atoms with Crippen LogP contribution in [0.25, 0.3) is 16.1 Å². The van der Waals surface area contributed by atoms with Crippen molar-refractivity contribution in [1.82, 2.24) is 9.55 Å². The van der Waals surface area contributed by atoms with E-state index in [4.69, 9.17) is 11.3 Å². The Morgan fingerprint density at radius 1 is 1.31 bits per heavy atom. The van der Waals surface area contributed by atoms with Crippen molar-refractivity contribution in [2.75, 3.05) is 7.11 Å². The van der Waals surface area contributed by atoms with E-state index in [0.29, 0.717) is 5.82 Å². The second-order valence-electron chi connectivity index (χ2n) is 3.37. The monoisotopic (exact) mass is 213 g/mol. The van der Waals surface area contributed by atoms with Crippen LogP contribution in [0.3, 0.4) is 0 Å². The smallest absolute Gasteiger partial charge is 0.295 e. The number of hydrogen-bond donors (Lipinski definition) is 0. The average Bonchev–Trinajstić information content (AvgIpc) is 2.70. The highest BCUT2D eigenvalue weighted by Crippen LogP contribution is 2.29. The summed E-state index contributed by atoms with van der Waals surface area (Å²) < 4.78 is 6.93. The molecule has 0 atom stereocenters. The lowest BCUT2D eigenvalue weighted by molar-refractivity contribution is 0.415. The minimum absolute atomic E-state index is 0.424. The van der Waals surface area contributed by atoms with Crippen LogP contribution in [0.15, 0.2) is 30.6 Å². The van der Waals surface area contributed by atoms with Gasteiger partial charge in [-0.1, -0.05) is 18.7 Å². The maximum Gasteiger partial charge on any atom is 0.295 e. The molecule has 4 nitrogen and oxygen atoms in total. The fourth-order valence-electron chi connectivity index (χ4n) is 1.58. The molecular formula is C12H11N3O. The molecule has 0 radical (unpaired) electrons. The van der Waals surface area contributed by atoms with E-state index in [0.717, 1.165) is 17.0 Å². The Kier molecular flexibility index (Phi) is 2.61. The molecule has 0 bridgehead atoms. The number of hydrogen-bond acceptors (Lipinski definition) is 2. The van der Waals surface area contributed by atoms with Crippen LogP contribution in [0.1, 0.15) is 0 Å². The lowest BCUT2D eigenvalue weighted by atomic mass is 10.1. The predicted molar refractivity (Wildman–Crippen MR) is 61.5 cm³/mol. The molecule has 1 heterocycles. The summed E-state index contributed by atoms with van der Waals surface area (Å²) in [6, 6.07) is 7.58. The van der Waals surface area contributed by atoms with E-state index < -0.39 is 0 Å². The molecule has 0 unspecified atom stereocenters. The molecule has 0 fully saturated rings. The van der Waals surface area contributed by atoms with Crippen molar-refractivity contribution >= 4 is 5.82 Å². The molecule has 0 spiro atoms. The molecule has 0 N–H and O–H groups in total. The third-order valence-electron chi connectivity index (χ3n) is 2.39. The molecule has 0 aliphatic heterocycles. The molecule has 0 amide bonds. The highest BCUT2D eigenvalue weighted by molar-refractivity contribution is 5.73. The van der Waals surface area contributed by atoms with Gasteiger partial charge >= 0.3 is 0 Å². The van der Waals surface area contributed by atoms with Crippen molar-refractivity contribution in [2.24, 2.45) is 7.05 Å². The number of rotatable bonds is 2. The topological polar surface area (TPSA) is 31.4 Å². The zero-order valence-electron chi connectivity index (χ0n) is 9.14. The summed E-state index contributed by atoms with van der Waals surface area (Å²) >= 11 is 0. The van der Waals surface area contributed by atoms with Gasteiger partial charge in [-0.2, -0.15) is 0 Å². The van der Waals surface area contributed by atoms with Gasteiger partial charge in [0, 0.05) is 7.05 Å². The van der Waals surface area contributed by atoms with Crippen LogP contribution in [-0.4, -0.2) is 16.7 Å². The summed E-state index contributed by atoms with van der Waals surface area (Å²) in [5, 5.41) is 0. The Hall–Kier alpha value is -2.28. The second kappa shape index (κ2) is 4.07. The molecule has 2 aromatic rings. The second-order valence-corrected chi connectivity index (χ2v) is 3.37. The van der Waals surface area contributed by atoms with E-state index in [2.05, 4.69) is 9.83 Å². The summed E-state index contributed by atoms with van der Waals surface area (Å²) in [4.78, 5) is 7.43. The summed E-state index contributed by atoms with van der Waals surface area (Å²) in [6.07, 6.45) is 1.65. The molecule has 1 aromatic carbocycles. The van der Waals surface area contributed by atoms with Gasteiger partial charge in [0.15, 0.2) is 6.33 Å². The van der Waals surface area contributed by atoms with Crippen molar-refractivity contribution in [3.63, 3.8) is 0 Å². The van der Waals surface area contributed by atoms with Gasteiger partial charge < -0.3 is 14.1 Å². The highest BCUT2D eigenvalue weighted by atomic mass is 16.5. The summed E-state index contributed by atoms with van der Waals surface area (Å²) in [6.45, 7) is 7.05. The number of aryl methyl sites for hydroxylation is 1. The van der Waals surface area contributed by atoms with Crippen LogP contribution in [0.2, 0.25) is 0 Å². The fourth-order valence-corrected chi connectivity index (χ4v) is 1.58. The van der Waals surface area contributed by atoms with Crippen LogP contribution < -0.4 is 4.74 Å². The first-order valence-corrected chi connectivity index (χ1v) is 4.79. The molecule has 16 heavy (non-hydrogen) atoms. The Labute approximate surface area is 93.9 Å². The van der Waals surface area contributed by atoms with Crippen LogP contribution in [-0.2, 0) is 7.05 Å². The number of methoxy groups -OCH3 is 1. The zero-order chi connectivity index (χ0) is 11.5. The quantitative estimate of drug-likeness (QED) is 0.718. The summed E-state index contributed by atoms with van der Waals surface area (Å²) in [7, 11) is 3.50. The van der Waals surface area contributed by atoms with Gasteiger partial charge in [-0.3, -0.25) is 0 Å². The van der Waals surface area contributed by atoms with Crippen molar-refractivity contribution in [3.05, 3.63) is 42.0 Å². The van der Waals surface area contributed by atoms with E-state index >= 15 is 0 Å². The minimum Gasteiger partial charge on any atom is -0.497 e. The Balaban J connectivity index is 2.50. The molecule has 0 saturated heterocycles. The fraction of sp³-hybridized carbons (Fsp3) is 0.167. The van der Waals surface area contributed by atoms with Crippen molar-refractivity contribution in [2.45, 2.75) is 0 Å². The lowest BCUT2D eigenvalue weighted by Crippen LogP contribution is -1.89. The SMILES string of the molecule is [C-]#[N+]c1ncn(C)c1-c1ccc(OC)cc1. The molecule has 0 saturated carbocycles. The lowest BCUT2D eigenvalue weighted by Gasteiger charge is -2.04. The molecule has 0 aliphatic carbocycles. The van der Waals surface area contributed by atoms with Gasteiger partial charge in [-0.15, -0.1) is 4.98 Å². The summed E-state index contributed by atoms with van der Waals surface area (Å²) in [5.74, 6) is 1.22. The van der Waals surface area contributed by atoms with Gasteiger partial charge in [0.05, 0.1) is 12.8 Å². The first-order valence-electron chi connectivity index (χ1n) is 4.79. The van der Waals surface area contributed by atoms with Crippen LogP contribution >= 0.6 is 0 Å². The van der Waals surface area contributed by atoms with Crippen LogP contribution in [0, 0.1) is 6.57 Å². The number of benzene rings is 1. The maximum atomic E-state index is 7.05. The first-order chi connectivity index (χ1) is 7.76. The molecule has 0 aliphatic rings. The van der Waals surface area contributed by atoms with Gasteiger partial charge in [0.2, 0.25) is 0 Å². The average molecular weight is 213 g/mol. The largest absolute Gasteiger partial charge is 0.497 e. The first kappa shape index (κ1) is 10.2. The van der Waals surface area contributed by atoms with Crippen LogP contribution in [0.4, 0.5) is 5.82 Å². The highest BCUT2D eigenvalue weighted by Gasteiger charge is 2.11. The predicted octanol–water partition coefficient (Wildman–Crippen LogP) is 2.65. The third kappa shape index (κ3) is 1.63. The van der Waals surface area contributed by atoms with E-state index in [1.807, 2.05) is 35.9 Å². The Morgan fingerprint density at radius 2 is 2.00 bits per heavy atom. The van der Waals surface area contributed by atoms with E-state index in [9.17, 15) is 0 Å². The molecule has 2 rings (SSSR count). The number of ether oxygens (including phenoxy) is 1. The van der Waals surface area contributed by atoms with Crippen LogP contribution in [0.5, 0.6) is 5.75 Å². The maximum absolute atomic E-state index is 7.05. The molecule has 4 heteroatoms.